The van der Waals surface area contributed by atoms with Gasteiger partial charge in [-0.15, -0.1) is 0 Å². The summed E-state index contributed by atoms with van der Waals surface area (Å²) < 4.78 is 0. The molecule has 1 heterocycles. The molecule has 2 amide bonds. The summed E-state index contributed by atoms with van der Waals surface area (Å²) in [7, 11) is 0. The monoisotopic (exact) mass is 222 g/mol. The lowest BCUT2D eigenvalue weighted by Gasteiger charge is -2.27. The van der Waals surface area contributed by atoms with Gasteiger partial charge in [-0.05, 0) is 39.2 Å². The Balaban J connectivity index is 2.24. The first-order valence-electron chi connectivity index (χ1n) is 5.83. The molecule has 0 saturated heterocycles. The van der Waals surface area contributed by atoms with Crippen LogP contribution in [0.4, 0.5) is 0 Å². The quantitative estimate of drug-likeness (QED) is 0.703. The predicted molar refractivity (Wildman–Crippen MR) is 60.4 cm³/mol. The fourth-order valence-electron chi connectivity index (χ4n) is 2.71. The van der Waals surface area contributed by atoms with Crippen LogP contribution < -0.4 is 5.73 Å². The van der Waals surface area contributed by atoms with E-state index in [4.69, 9.17) is 5.73 Å². The summed E-state index contributed by atoms with van der Waals surface area (Å²) in [5, 5.41) is 0. The van der Waals surface area contributed by atoms with E-state index >= 15 is 0 Å². The van der Waals surface area contributed by atoms with E-state index in [1.165, 1.54) is 4.90 Å². The molecule has 0 aromatic rings. The summed E-state index contributed by atoms with van der Waals surface area (Å²) in [6.45, 7) is 4.00. The molecule has 0 radical (unpaired) electrons. The minimum Gasteiger partial charge on any atom is -0.330 e. The maximum Gasteiger partial charge on any atom is 0.257 e. The summed E-state index contributed by atoms with van der Waals surface area (Å²) >= 11 is 0. The van der Waals surface area contributed by atoms with E-state index < -0.39 is 0 Å². The average Bonchev–Trinajstić information content (AvgIpc) is 2.80. The van der Waals surface area contributed by atoms with Crippen LogP contribution in [0.2, 0.25) is 0 Å². The molecule has 0 aromatic carbocycles. The Morgan fingerprint density at radius 1 is 1.19 bits per heavy atom. The number of hydrogen-bond acceptors (Lipinski definition) is 3. The van der Waals surface area contributed by atoms with Crippen molar-refractivity contribution in [1.82, 2.24) is 4.90 Å². The number of rotatable bonds is 2. The van der Waals surface area contributed by atoms with Crippen LogP contribution in [0.3, 0.4) is 0 Å². The first-order valence-corrected chi connectivity index (χ1v) is 5.83. The number of nitrogens with zero attached hydrogens (tertiary/aromatic N) is 1. The molecular weight excluding hydrogens is 204 g/mol. The van der Waals surface area contributed by atoms with Crippen LogP contribution in [0.15, 0.2) is 11.1 Å². The van der Waals surface area contributed by atoms with Gasteiger partial charge in [0.2, 0.25) is 0 Å². The molecule has 2 aliphatic rings. The third kappa shape index (κ3) is 1.48. The zero-order valence-electron chi connectivity index (χ0n) is 9.82. The number of amides is 2. The fourth-order valence-corrected chi connectivity index (χ4v) is 2.71. The Morgan fingerprint density at radius 2 is 1.75 bits per heavy atom. The highest BCUT2D eigenvalue weighted by atomic mass is 16.2. The molecular formula is C12H18N2O2. The molecule has 4 heteroatoms. The molecule has 0 bridgehead atoms. The van der Waals surface area contributed by atoms with Crippen molar-refractivity contribution < 1.29 is 9.59 Å². The van der Waals surface area contributed by atoms with Crippen LogP contribution in [0, 0.1) is 5.92 Å². The zero-order chi connectivity index (χ0) is 11.9. The number of nitrogens with two attached hydrogens (primary N) is 1. The van der Waals surface area contributed by atoms with Gasteiger partial charge < -0.3 is 5.73 Å². The Hall–Kier alpha value is -1.16. The third-order valence-corrected chi connectivity index (χ3v) is 3.90. The van der Waals surface area contributed by atoms with Crippen molar-refractivity contribution in [3.8, 4) is 0 Å². The number of carbonyl (C=O) groups is 2. The minimum absolute atomic E-state index is 0.0254. The van der Waals surface area contributed by atoms with E-state index in [9.17, 15) is 9.59 Å². The van der Waals surface area contributed by atoms with Gasteiger partial charge in [0.15, 0.2) is 0 Å². The van der Waals surface area contributed by atoms with Crippen molar-refractivity contribution in [3.05, 3.63) is 11.1 Å². The lowest BCUT2D eigenvalue weighted by molar-refractivity contribution is -0.141. The molecule has 4 nitrogen and oxygen atoms in total. The van der Waals surface area contributed by atoms with E-state index in [2.05, 4.69) is 0 Å². The van der Waals surface area contributed by atoms with Gasteiger partial charge in [-0.2, -0.15) is 0 Å². The van der Waals surface area contributed by atoms with Crippen LogP contribution in [0.1, 0.15) is 33.1 Å². The van der Waals surface area contributed by atoms with E-state index in [-0.39, 0.29) is 23.8 Å². The van der Waals surface area contributed by atoms with Crippen LogP contribution in [-0.2, 0) is 9.59 Å². The Morgan fingerprint density at radius 3 is 2.25 bits per heavy atom. The molecule has 0 spiro atoms. The van der Waals surface area contributed by atoms with E-state index in [0.29, 0.717) is 17.7 Å². The van der Waals surface area contributed by atoms with Gasteiger partial charge in [-0.1, -0.05) is 6.42 Å². The second-order valence-electron chi connectivity index (χ2n) is 4.72. The summed E-state index contributed by atoms with van der Waals surface area (Å²) in [5.41, 5.74) is 6.87. The number of carbonyl (C=O) groups excluding carboxylic acids is 2. The van der Waals surface area contributed by atoms with Crippen LogP contribution >= 0.6 is 0 Å². The molecule has 2 unspecified atom stereocenters. The third-order valence-electron chi connectivity index (χ3n) is 3.90. The fraction of sp³-hybridized carbons (Fsp3) is 0.667. The van der Waals surface area contributed by atoms with Gasteiger partial charge in [0, 0.05) is 17.2 Å². The van der Waals surface area contributed by atoms with Crippen molar-refractivity contribution in [2.24, 2.45) is 11.7 Å². The summed E-state index contributed by atoms with van der Waals surface area (Å²) in [5.74, 6) is 0.0484. The molecule has 1 fully saturated rings. The Bertz CT molecular complexity index is 349. The molecule has 0 aromatic heterocycles. The van der Waals surface area contributed by atoms with Crippen molar-refractivity contribution in [1.29, 1.82) is 0 Å². The van der Waals surface area contributed by atoms with Crippen molar-refractivity contribution in [3.63, 3.8) is 0 Å². The molecule has 2 atom stereocenters. The Kier molecular flexibility index (Phi) is 2.84. The average molecular weight is 222 g/mol. The molecule has 1 aliphatic carbocycles. The number of imide groups is 1. The summed E-state index contributed by atoms with van der Waals surface area (Å²) in [6, 6.07) is 0.0254. The van der Waals surface area contributed by atoms with Gasteiger partial charge in [-0.3, -0.25) is 14.5 Å². The van der Waals surface area contributed by atoms with Crippen molar-refractivity contribution in [2.45, 2.75) is 39.2 Å². The van der Waals surface area contributed by atoms with Crippen LogP contribution in [0.5, 0.6) is 0 Å². The maximum atomic E-state index is 12.0. The molecule has 2 N–H and O–H groups in total. The van der Waals surface area contributed by atoms with Gasteiger partial charge in [0.05, 0.1) is 0 Å². The standard InChI is InChI=1S/C12H18N2O2/c1-7-8(2)12(16)14(11(7)15)10-5-3-4-9(10)6-13/h9-10H,3-6,13H2,1-2H3. The van der Waals surface area contributed by atoms with E-state index in [1.807, 2.05) is 0 Å². The van der Waals surface area contributed by atoms with Gasteiger partial charge in [0.25, 0.3) is 11.8 Å². The SMILES string of the molecule is CC1=C(C)C(=O)N(C2CCCC2CN)C1=O. The normalized spacial score (nSPS) is 30.8. The van der Waals surface area contributed by atoms with Gasteiger partial charge >= 0.3 is 0 Å². The molecule has 1 saturated carbocycles. The molecule has 1 aliphatic heterocycles. The topological polar surface area (TPSA) is 63.4 Å². The lowest BCUT2D eigenvalue weighted by atomic mass is 10.0. The van der Waals surface area contributed by atoms with Gasteiger partial charge in [0.1, 0.15) is 0 Å². The van der Waals surface area contributed by atoms with Crippen LogP contribution in [0.25, 0.3) is 0 Å². The highest BCUT2D eigenvalue weighted by molar-refractivity contribution is 6.19. The smallest absolute Gasteiger partial charge is 0.257 e. The minimum atomic E-state index is -0.118. The zero-order valence-corrected chi connectivity index (χ0v) is 9.82. The first-order chi connectivity index (χ1) is 7.57. The van der Waals surface area contributed by atoms with E-state index in [1.54, 1.807) is 13.8 Å². The summed E-state index contributed by atoms with van der Waals surface area (Å²) in [4.78, 5) is 25.4. The van der Waals surface area contributed by atoms with Crippen molar-refractivity contribution >= 4 is 11.8 Å². The maximum absolute atomic E-state index is 12.0. The largest absolute Gasteiger partial charge is 0.330 e. The lowest BCUT2D eigenvalue weighted by Crippen LogP contribution is -2.44. The highest BCUT2D eigenvalue weighted by Crippen LogP contribution is 2.33. The number of hydrogen-bond donors (Lipinski definition) is 1. The highest BCUT2D eigenvalue weighted by Gasteiger charge is 2.42. The molecule has 88 valence electrons. The Labute approximate surface area is 95.5 Å². The second-order valence-corrected chi connectivity index (χ2v) is 4.72. The predicted octanol–water partition coefficient (Wildman–Crippen LogP) is 0.819. The van der Waals surface area contributed by atoms with Gasteiger partial charge in [-0.25, -0.2) is 0 Å². The van der Waals surface area contributed by atoms with E-state index in [0.717, 1.165) is 19.3 Å². The first kappa shape index (κ1) is 11.3. The second kappa shape index (κ2) is 4.01. The van der Waals surface area contributed by atoms with Crippen LogP contribution in [-0.4, -0.2) is 29.3 Å². The molecule has 16 heavy (non-hydrogen) atoms. The van der Waals surface area contributed by atoms with Crippen molar-refractivity contribution in [2.75, 3.05) is 6.54 Å². The summed E-state index contributed by atoms with van der Waals surface area (Å²) in [6.07, 6.45) is 2.98. The molecule has 2 rings (SSSR count).